The molecule has 3 aromatic rings. The van der Waals surface area contributed by atoms with Gasteiger partial charge in [0, 0.05) is 29.1 Å². The summed E-state index contributed by atoms with van der Waals surface area (Å²) in [5.74, 6) is -0.643. The van der Waals surface area contributed by atoms with E-state index in [1.165, 1.54) is 23.3 Å². The largest absolute Gasteiger partial charge is 0.366 e. The summed E-state index contributed by atoms with van der Waals surface area (Å²) in [7, 11) is 0. The van der Waals surface area contributed by atoms with E-state index >= 15 is 0 Å². The third kappa shape index (κ3) is 6.68. The SMILES string of the molecule is CCCCC(C(=O)CNC(C)=O)c1cc(SCc2ccc3ccccc3c2)ccc1C(N)=O. The van der Waals surface area contributed by atoms with Gasteiger partial charge in [-0.1, -0.05) is 62.2 Å². The van der Waals surface area contributed by atoms with Crippen molar-refractivity contribution in [1.82, 2.24) is 5.32 Å². The van der Waals surface area contributed by atoms with E-state index in [4.69, 9.17) is 5.73 Å². The molecule has 0 aromatic heterocycles. The maximum atomic E-state index is 13.0. The van der Waals surface area contributed by atoms with Crippen LogP contribution in [-0.2, 0) is 15.3 Å². The lowest BCUT2D eigenvalue weighted by Gasteiger charge is -2.20. The van der Waals surface area contributed by atoms with Gasteiger partial charge in [0.2, 0.25) is 11.8 Å². The van der Waals surface area contributed by atoms with Crippen molar-refractivity contribution in [1.29, 1.82) is 0 Å². The van der Waals surface area contributed by atoms with Crippen molar-refractivity contribution in [3.8, 4) is 0 Å². The molecule has 0 aliphatic rings. The van der Waals surface area contributed by atoms with Crippen LogP contribution in [0.1, 0.15) is 60.5 Å². The number of amides is 2. The third-order valence-corrected chi connectivity index (χ3v) is 6.69. The highest BCUT2D eigenvalue weighted by Gasteiger charge is 2.25. The predicted octanol–water partition coefficient (Wildman–Crippen LogP) is 5.21. The van der Waals surface area contributed by atoms with Gasteiger partial charge < -0.3 is 11.1 Å². The molecule has 0 saturated heterocycles. The molecule has 1 atom stereocenters. The lowest BCUT2D eigenvalue weighted by Crippen LogP contribution is -2.31. The van der Waals surface area contributed by atoms with Crippen LogP contribution in [0, 0.1) is 0 Å². The highest BCUT2D eigenvalue weighted by Crippen LogP contribution is 2.32. The first-order chi connectivity index (χ1) is 15.9. The second-order valence-electron chi connectivity index (χ2n) is 8.15. The van der Waals surface area contributed by atoms with Crippen molar-refractivity contribution in [2.24, 2.45) is 5.73 Å². The molecule has 0 heterocycles. The molecule has 172 valence electrons. The average molecular weight is 463 g/mol. The zero-order valence-corrected chi connectivity index (χ0v) is 19.9. The summed E-state index contributed by atoms with van der Waals surface area (Å²) in [5, 5.41) is 4.99. The summed E-state index contributed by atoms with van der Waals surface area (Å²) < 4.78 is 0. The number of carbonyl (C=O) groups excluding carboxylic acids is 3. The fraction of sp³-hybridized carbons (Fsp3) is 0.296. The number of unbranched alkanes of at least 4 members (excludes halogenated alkanes) is 1. The van der Waals surface area contributed by atoms with E-state index in [0.717, 1.165) is 23.5 Å². The Balaban J connectivity index is 1.86. The summed E-state index contributed by atoms with van der Waals surface area (Å²) >= 11 is 1.65. The van der Waals surface area contributed by atoms with Crippen molar-refractivity contribution in [2.75, 3.05) is 6.54 Å². The van der Waals surface area contributed by atoms with E-state index in [2.05, 4.69) is 42.6 Å². The van der Waals surface area contributed by atoms with Gasteiger partial charge in [0.25, 0.3) is 0 Å². The Morgan fingerprint density at radius 3 is 2.45 bits per heavy atom. The molecule has 0 radical (unpaired) electrons. The molecular weight excluding hydrogens is 432 g/mol. The minimum Gasteiger partial charge on any atom is -0.366 e. The van der Waals surface area contributed by atoms with E-state index in [-0.39, 0.29) is 18.2 Å². The number of hydrogen-bond acceptors (Lipinski definition) is 4. The Morgan fingerprint density at radius 2 is 1.76 bits per heavy atom. The average Bonchev–Trinajstić information content (AvgIpc) is 2.81. The van der Waals surface area contributed by atoms with Crippen LogP contribution in [0.25, 0.3) is 10.8 Å². The van der Waals surface area contributed by atoms with Crippen molar-refractivity contribution < 1.29 is 14.4 Å². The number of carbonyl (C=O) groups is 3. The number of benzene rings is 3. The highest BCUT2D eigenvalue weighted by atomic mass is 32.2. The molecule has 5 nitrogen and oxygen atoms in total. The second-order valence-corrected chi connectivity index (χ2v) is 9.20. The van der Waals surface area contributed by atoms with Gasteiger partial charge in [0.05, 0.1) is 6.54 Å². The fourth-order valence-electron chi connectivity index (χ4n) is 3.87. The molecule has 3 rings (SSSR count). The first-order valence-electron chi connectivity index (χ1n) is 11.2. The minimum atomic E-state index is -0.551. The Hall–Kier alpha value is -3.12. The molecule has 1 unspecified atom stereocenters. The molecule has 33 heavy (non-hydrogen) atoms. The summed E-state index contributed by atoms with van der Waals surface area (Å²) in [6.07, 6.45) is 2.36. The second kappa shape index (κ2) is 11.7. The van der Waals surface area contributed by atoms with Gasteiger partial charge in [0.15, 0.2) is 5.78 Å². The first-order valence-corrected chi connectivity index (χ1v) is 12.2. The number of nitrogens with two attached hydrogens (primary N) is 1. The first kappa shape index (κ1) is 24.5. The van der Waals surface area contributed by atoms with E-state index in [9.17, 15) is 14.4 Å². The standard InChI is InChI=1S/C27H30N2O3S/c1-3-4-9-23(26(31)16-29-18(2)30)25-15-22(12-13-24(25)27(28)32)33-17-19-10-11-20-7-5-6-8-21(20)14-19/h5-8,10-15,23H,3-4,9,16-17H2,1-2H3,(H2,28,32)(H,29,30). The lowest BCUT2D eigenvalue weighted by molar-refractivity contribution is -0.124. The monoisotopic (exact) mass is 462 g/mol. The Labute approximate surface area is 199 Å². The number of fused-ring (bicyclic) bond motifs is 1. The number of nitrogens with one attached hydrogen (secondary N) is 1. The molecule has 3 N–H and O–H groups in total. The van der Waals surface area contributed by atoms with Crippen LogP contribution >= 0.6 is 11.8 Å². The quantitative estimate of drug-likeness (QED) is 0.383. The maximum Gasteiger partial charge on any atom is 0.249 e. The molecule has 0 aliphatic carbocycles. The fourth-order valence-corrected chi connectivity index (χ4v) is 4.76. The topological polar surface area (TPSA) is 89.3 Å². The molecule has 2 amide bonds. The molecular formula is C27H30N2O3S. The predicted molar refractivity (Wildman–Crippen MR) is 134 cm³/mol. The van der Waals surface area contributed by atoms with Gasteiger partial charge >= 0.3 is 0 Å². The van der Waals surface area contributed by atoms with Gasteiger partial charge in [-0.05, 0) is 46.5 Å². The van der Waals surface area contributed by atoms with Crippen LogP contribution in [0.15, 0.2) is 65.6 Å². The highest BCUT2D eigenvalue weighted by molar-refractivity contribution is 7.98. The van der Waals surface area contributed by atoms with Crippen molar-refractivity contribution in [3.63, 3.8) is 0 Å². The van der Waals surface area contributed by atoms with Crippen LogP contribution < -0.4 is 11.1 Å². The van der Waals surface area contributed by atoms with Gasteiger partial charge in [-0.25, -0.2) is 0 Å². The summed E-state index contributed by atoms with van der Waals surface area (Å²) in [6.45, 7) is 3.38. The number of thioether (sulfide) groups is 1. The van der Waals surface area contributed by atoms with Crippen LogP contribution in [0.5, 0.6) is 0 Å². The zero-order valence-electron chi connectivity index (χ0n) is 19.1. The number of ketones is 1. The van der Waals surface area contributed by atoms with Crippen LogP contribution in [0.4, 0.5) is 0 Å². The van der Waals surface area contributed by atoms with Crippen LogP contribution in [0.2, 0.25) is 0 Å². The van der Waals surface area contributed by atoms with Gasteiger partial charge in [0.1, 0.15) is 0 Å². The summed E-state index contributed by atoms with van der Waals surface area (Å²) in [5.41, 5.74) is 7.85. The Morgan fingerprint density at radius 1 is 1.00 bits per heavy atom. The molecule has 0 fully saturated rings. The molecule has 0 spiro atoms. The normalized spacial score (nSPS) is 11.8. The van der Waals surface area contributed by atoms with Gasteiger partial charge in [-0.15, -0.1) is 11.8 Å². The number of hydrogen-bond donors (Lipinski definition) is 2. The third-order valence-electron chi connectivity index (χ3n) is 5.63. The summed E-state index contributed by atoms with van der Waals surface area (Å²) in [4.78, 5) is 37.4. The maximum absolute atomic E-state index is 13.0. The smallest absolute Gasteiger partial charge is 0.249 e. The van der Waals surface area contributed by atoms with Gasteiger partial charge in [-0.3, -0.25) is 14.4 Å². The molecule has 0 aliphatic heterocycles. The molecule has 0 bridgehead atoms. The number of Topliss-reactive ketones (excluding diaryl/α,β-unsaturated/α-hetero) is 1. The number of primary amides is 1. The number of rotatable bonds is 11. The van der Waals surface area contributed by atoms with Crippen LogP contribution in [-0.4, -0.2) is 24.1 Å². The molecule has 6 heteroatoms. The lowest BCUT2D eigenvalue weighted by atomic mass is 9.86. The molecule has 0 saturated carbocycles. The Kier molecular flexibility index (Phi) is 8.66. The van der Waals surface area contributed by atoms with Crippen molar-refractivity contribution >= 4 is 40.1 Å². The van der Waals surface area contributed by atoms with Crippen molar-refractivity contribution in [3.05, 3.63) is 77.4 Å². The van der Waals surface area contributed by atoms with Gasteiger partial charge in [-0.2, -0.15) is 0 Å². The van der Waals surface area contributed by atoms with E-state index in [1.807, 2.05) is 24.3 Å². The van der Waals surface area contributed by atoms with E-state index in [1.54, 1.807) is 17.8 Å². The Bertz CT molecular complexity index is 1160. The van der Waals surface area contributed by atoms with E-state index < -0.39 is 11.8 Å². The zero-order chi connectivity index (χ0) is 23.8. The minimum absolute atomic E-state index is 0.0592. The van der Waals surface area contributed by atoms with Crippen molar-refractivity contribution in [2.45, 2.75) is 49.7 Å². The summed E-state index contributed by atoms with van der Waals surface area (Å²) in [6, 6.07) is 20.2. The van der Waals surface area contributed by atoms with Crippen LogP contribution in [0.3, 0.4) is 0 Å². The molecule has 3 aromatic carbocycles. The van der Waals surface area contributed by atoms with E-state index in [0.29, 0.717) is 17.5 Å².